The standard InChI is InChI=1S/C46H65N13O11S2/c1-58(46(51)70)44(68)30(15-8-9-19-47)53-43(67)35-16-10-20-59(35)45(69)34-25-72-71-24-28(48)38(62)54-31(21-26-11-4-2-5-12-26)41(65)55-32(22-27-13-6-3-7-14-27)40(64)52-29(17-18-36(49)60)39(63)56-33(23-37(50)61)42(66)57-34/h2-7,11-14,28-35H,8-10,15-25,47-48H2,1H3,(H2,49,60)(H2,50,61)(H2,51,70)(H,52,64)(H,53,67)(H,54,62)(H,55,65)(H,56,63)(H,57,66)/t28-,29-,30-,31-,32+,33-,34-,35+/m1/s1. The lowest BCUT2D eigenvalue weighted by Crippen LogP contribution is -2.61. The number of hydrogen-bond donors (Lipinski definition) is 11. The minimum Gasteiger partial charge on any atom is -0.370 e. The van der Waals surface area contributed by atoms with Crippen LogP contribution in [0.3, 0.4) is 0 Å². The molecule has 2 heterocycles. The first-order valence-electron chi connectivity index (χ1n) is 23.3. The molecule has 0 aliphatic carbocycles. The highest BCUT2D eigenvalue weighted by Gasteiger charge is 2.41. The minimum absolute atomic E-state index is 0.0216. The molecule has 2 aliphatic heterocycles. The number of carbonyl (C=O) groups is 11. The first kappa shape index (κ1) is 57.8. The van der Waals surface area contributed by atoms with Crippen LogP contribution in [-0.2, 0) is 60.8 Å². The predicted molar refractivity (Wildman–Crippen MR) is 267 cm³/mol. The van der Waals surface area contributed by atoms with Crippen LogP contribution < -0.4 is 60.6 Å². The lowest BCUT2D eigenvalue weighted by molar-refractivity contribution is -0.142. The van der Waals surface area contributed by atoms with Crippen molar-refractivity contribution in [2.24, 2.45) is 28.7 Å². The third-order valence-corrected chi connectivity index (χ3v) is 14.2. The number of unbranched alkanes of at least 4 members (excludes halogenated alkanes) is 1. The molecule has 16 N–H and O–H groups in total. The van der Waals surface area contributed by atoms with Crippen molar-refractivity contribution in [2.45, 2.75) is 113 Å². The van der Waals surface area contributed by atoms with Crippen LogP contribution in [0, 0.1) is 0 Å². The van der Waals surface area contributed by atoms with E-state index in [9.17, 15) is 52.7 Å². The topological polar surface area (TPSA) is 397 Å². The van der Waals surface area contributed by atoms with Gasteiger partial charge in [0.1, 0.15) is 42.3 Å². The summed E-state index contributed by atoms with van der Waals surface area (Å²) in [6, 6.07) is 5.16. The van der Waals surface area contributed by atoms with Crippen LogP contribution >= 0.6 is 21.6 Å². The zero-order valence-electron chi connectivity index (χ0n) is 39.9. The Hall–Kier alpha value is -6.77. The van der Waals surface area contributed by atoms with Crippen LogP contribution in [-0.4, -0.2) is 155 Å². The first-order valence-corrected chi connectivity index (χ1v) is 25.8. The number of nitrogens with one attached hydrogen (secondary N) is 6. The van der Waals surface area contributed by atoms with Crippen molar-refractivity contribution >= 4 is 86.7 Å². The van der Waals surface area contributed by atoms with E-state index in [2.05, 4.69) is 31.9 Å². The van der Waals surface area contributed by atoms with Crippen molar-refractivity contribution in [1.29, 1.82) is 0 Å². The van der Waals surface area contributed by atoms with Gasteiger partial charge in [-0.1, -0.05) is 82.3 Å². The molecule has 0 saturated carbocycles. The van der Waals surface area contributed by atoms with E-state index in [0.717, 1.165) is 28.6 Å². The second-order valence-electron chi connectivity index (χ2n) is 17.3. The third kappa shape index (κ3) is 18.1. The fraction of sp³-hybridized carbons (Fsp3) is 0.500. The van der Waals surface area contributed by atoms with Gasteiger partial charge in [0.2, 0.25) is 53.2 Å². The van der Waals surface area contributed by atoms with E-state index in [4.69, 9.17) is 28.7 Å². The number of nitrogens with zero attached hydrogens (tertiary/aromatic N) is 2. The molecule has 0 aromatic heterocycles. The highest BCUT2D eigenvalue weighted by molar-refractivity contribution is 8.76. The van der Waals surface area contributed by atoms with E-state index in [-0.39, 0.29) is 43.7 Å². The maximum absolute atomic E-state index is 14.6. The maximum atomic E-state index is 14.6. The Labute approximate surface area is 424 Å². The fourth-order valence-electron chi connectivity index (χ4n) is 7.80. The Morgan fingerprint density at radius 3 is 1.79 bits per heavy atom. The van der Waals surface area contributed by atoms with Gasteiger partial charge in [-0.2, -0.15) is 0 Å². The van der Waals surface area contributed by atoms with Crippen molar-refractivity contribution in [3.05, 3.63) is 71.8 Å². The molecule has 12 amide bonds. The molecule has 26 heteroatoms. The van der Waals surface area contributed by atoms with Gasteiger partial charge in [0, 0.05) is 44.4 Å². The first-order chi connectivity index (χ1) is 34.3. The summed E-state index contributed by atoms with van der Waals surface area (Å²) in [5.74, 6) is -9.03. The number of nitrogens with two attached hydrogens (primary N) is 5. The van der Waals surface area contributed by atoms with Crippen molar-refractivity contribution in [3.8, 4) is 0 Å². The molecule has 0 unspecified atom stereocenters. The summed E-state index contributed by atoms with van der Waals surface area (Å²) in [6.45, 7) is 0.332. The number of likely N-dealkylation sites (N-methyl/N-ethyl adjacent to an activating group) is 1. The molecular weight excluding hydrogens is 975 g/mol. The van der Waals surface area contributed by atoms with Gasteiger partial charge in [0.05, 0.1) is 12.5 Å². The summed E-state index contributed by atoms with van der Waals surface area (Å²) in [4.78, 5) is 150. The summed E-state index contributed by atoms with van der Waals surface area (Å²) in [7, 11) is 3.22. The Morgan fingerprint density at radius 2 is 1.24 bits per heavy atom. The number of carbonyl (C=O) groups excluding carboxylic acids is 11. The molecule has 24 nitrogen and oxygen atoms in total. The molecule has 0 radical (unpaired) electrons. The van der Waals surface area contributed by atoms with E-state index in [1.54, 1.807) is 60.7 Å². The molecule has 2 aliphatic rings. The largest absolute Gasteiger partial charge is 0.370 e. The van der Waals surface area contributed by atoms with E-state index in [0.29, 0.717) is 41.8 Å². The molecule has 2 aromatic rings. The van der Waals surface area contributed by atoms with Crippen LogP contribution in [0.1, 0.15) is 62.5 Å². The summed E-state index contributed by atoms with van der Waals surface area (Å²) in [5.41, 5.74) is 29.6. The number of likely N-dealkylation sites (tertiary alicyclic amines) is 1. The molecule has 4 rings (SSSR count). The summed E-state index contributed by atoms with van der Waals surface area (Å²) >= 11 is 0. The van der Waals surface area contributed by atoms with Gasteiger partial charge in [-0.05, 0) is 56.2 Å². The Balaban J connectivity index is 1.71. The number of hydrogen-bond acceptors (Lipinski definition) is 15. The van der Waals surface area contributed by atoms with Gasteiger partial charge in [0.25, 0.3) is 5.91 Å². The average molecular weight is 1040 g/mol. The maximum Gasteiger partial charge on any atom is 0.321 e. The number of amides is 12. The van der Waals surface area contributed by atoms with Gasteiger partial charge >= 0.3 is 6.03 Å². The zero-order valence-corrected chi connectivity index (χ0v) is 41.5. The molecule has 8 atom stereocenters. The number of rotatable bonds is 17. The fourth-order valence-corrected chi connectivity index (χ4v) is 10.1. The number of imide groups is 1. The summed E-state index contributed by atoms with van der Waals surface area (Å²) < 4.78 is 0. The normalized spacial score (nSPS) is 23.2. The highest BCUT2D eigenvalue weighted by Crippen LogP contribution is 2.26. The number of benzene rings is 2. The zero-order chi connectivity index (χ0) is 52.9. The van der Waals surface area contributed by atoms with E-state index in [1.807, 2.05) is 0 Å². The lowest BCUT2D eigenvalue weighted by Gasteiger charge is -2.31. The number of urea groups is 1. The van der Waals surface area contributed by atoms with Crippen molar-refractivity contribution in [3.63, 3.8) is 0 Å². The molecule has 2 fully saturated rings. The molecule has 2 aromatic carbocycles. The molecule has 72 heavy (non-hydrogen) atoms. The van der Waals surface area contributed by atoms with Crippen LogP contribution in [0.25, 0.3) is 0 Å². The summed E-state index contributed by atoms with van der Waals surface area (Å²) in [6.07, 6.45) is -0.289. The third-order valence-electron chi connectivity index (χ3n) is 11.8. The van der Waals surface area contributed by atoms with Crippen LogP contribution in [0.15, 0.2) is 60.7 Å². The molecule has 2 saturated heterocycles. The van der Waals surface area contributed by atoms with Crippen LogP contribution in [0.4, 0.5) is 4.79 Å². The monoisotopic (exact) mass is 1040 g/mol. The van der Waals surface area contributed by atoms with E-state index in [1.165, 1.54) is 4.90 Å². The predicted octanol–water partition coefficient (Wildman–Crippen LogP) is -3.10. The lowest BCUT2D eigenvalue weighted by atomic mass is 10.0. The van der Waals surface area contributed by atoms with Crippen molar-refractivity contribution < 1.29 is 52.7 Å². The molecule has 0 bridgehead atoms. The SMILES string of the molecule is CN(C(N)=O)C(=O)[C@@H](CCCCN)NC(=O)[C@@H]1CCCN1C(=O)[C@H]1CSSC[C@@H](N)C(=O)N[C@H](Cc2ccccc2)C(=O)N[C@@H](Cc2ccccc2)C(=O)N[C@H](CCC(N)=O)C(=O)N[C@H](CC(N)=O)C(=O)N1. The Kier molecular flexibility index (Phi) is 23.2. The second kappa shape index (κ2) is 28.9. The van der Waals surface area contributed by atoms with Gasteiger partial charge in [-0.25, -0.2) is 4.79 Å². The van der Waals surface area contributed by atoms with Gasteiger partial charge in [0.15, 0.2) is 0 Å². The van der Waals surface area contributed by atoms with Crippen LogP contribution in [0.5, 0.6) is 0 Å². The molecular formula is C46H65N13O11S2. The molecule has 392 valence electrons. The van der Waals surface area contributed by atoms with E-state index < -0.39 is 133 Å². The van der Waals surface area contributed by atoms with Gasteiger partial charge < -0.3 is 65.5 Å². The quantitative estimate of drug-likeness (QED) is 0.0552. The van der Waals surface area contributed by atoms with E-state index >= 15 is 0 Å². The molecule has 0 spiro atoms. The van der Waals surface area contributed by atoms with Gasteiger partial charge in [-0.15, -0.1) is 0 Å². The minimum atomic E-state index is -1.77. The second-order valence-corrected chi connectivity index (χ2v) is 19.9. The van der Waals surface area contributed by atoms with Crippen LogP contribution in [0.2, 0.25) is 0 Å². The van der Waals surface area contributed by atoms with Crippen molar-refractivity contribution in [1.82, 2.24) is 41.7 Å². The number of primary amides is 3. The Morgan fingerprint density at radius 1 is 0.708 bits per heavy atom. The smallest absolute Gasteiger partial charge is 0.321 e. The highest BCUT2D eigenvalue weighted by atomic mass is 33.1. The van der Waals surface area contributed by atoms with Gasteiger partial charge in [-0.3, -0.25) is 52.8 Å². The average Bonchev–Trinajstić information content (AvgIpc) is 3.85. The summed E-state index contributed by atoms with van der Waals surface area (Å²) in [5, 5.41) is 15.6. The Bertz CT molecular complexity index is 2270. The van der Waals surface area contributed by atoms with Crippen molar-refractivity contribution in [2.75, 3.05) is 31.6 Å².